The average Bonchev–Trinajstić information content (AvgIpc) is 3.43. The molecule has 0 amide bonds. The Labute approximate surface area is 184 Å². The highest BCUT2D eigenvalue weighted by Crippen LogP contribution is 2.27. The maximum Gasteiger partial charge on any atom is 0.166 e. The van der Waals surface area contributed by atoms with Crippen LogP contribution in [0.3, 0.4) is 0 Å². The maximum absolute atomic E-state index is 13.8. The van der Waals surface area contributed by atoms with Crippen LogP contribution in [0.4, 0.5) is 10.2 Å². The Morgan fingerprint density at radius 1 is 1.19 bits per heavy atom. The van der Waals surface area contributed by atoms with Crippen LogP contribution in [0.2, 0.25) is 0 Å². The highest BCUT2D eigenvalue weighted by atomic mass is 19.1. The number of fused-ring (bicyclic) bond motifs is 2. The lowest BCUT2D eigenvalue weighted by molar-refractivity contribution is 0.541. The Hall–Kier alpha value is -3.81. The fourth-order valence-electron chi connectivity index (χ4n) is 3.88. The number of halogens is 1. The van der Waals surface area contributed by atoms with Gasteiger partial charge in [-0.3, -0.25) is 4.98 Å². The molecule has 5 rings (SSSR count). The summed E-state index contributed by atoms with van der Waals surface area (Å²) in [4.78, 5) is 21.2. The van der Waals surface area contributed by atoms with Gasteiger partial charge in [0.15, 0.2) is 17.3 Å². The van der Waals surface area contributed by atoms with Crippen LogP contribution >= 0.6 is 0 Å². The fraction of sp³-hybridized carbons (Fsp3) is 0.250. The molecule has 0 saturated carbocycles. The quantitative estimate of drug-likeness (QED) is 0.374. The van der Waals surface area contributed by atoms with E-state index in [0.717, 1.165) is 24.0 Å². The monoisotopic (exact) mass is 429 g/mol. The molecule has 1 aromatic carbocycles. The lowest BCUT2D eigenvalue weighted by Crippen LogP contribution is -2.09. The van der Waals surface area contributed by atoms with Crippen molar-refractivity contribution in [2.45, 2.75) is 32.7 Å². The first-order valence-electron chi connectivity index (χ1n) is 10.8. The molecule has 0 bridgehead atoms. The van der Waals surface area contributed by atoms with Crippen molar-refractivity contribution in [1.29, 1.82) is 0 Å². The summed E-state index contributed by atoms with van der Waals surface area (Å²) in [6.45, 7) is 4.91. The molecule has 2 N–H and O–H groups in total. The van der Waals surface area contributed by atoms with E-state index in [1.807, 2.05) is 22.9 Å². The smallest absolute Gasteiger partial charge is 0.166 e. The van der Waals surface area contributed by atoms with Crippen LogP contribution < -0.4 is 5.32 Å². The van der Waals surface area contributed by atoms with E-state index >= 15 is 0 Å². The summed E-state index contributed by atoms with van der Waals surface area (Å²) in [7, 11) is 0. The molecule has 0 aliphatic carbocycles. The standard InChI is InChI=1S/C24H24FN7/c1-3-15(2)32-14-29-21-23(27-9-8-16-12-28-20-7-5-4-6-19(16)20)30-22(31-24(21)32)17-10-18(25)13-26-11-17/h4-7,10-15,28H,3,8-9H2,1-2H3,(H,27,30,31)/t15-/m1/s1. The highest BCUT2D eigenvalue weighted by Gasteiger charge is 2.17. The molecule has 1 atom stereocenters. The molecular weight excluding hydrogens is 405 g/mol. The van der Waals surface area contributed by atoms with Gasteiger partial charge in [0, 0.05) is 41.4 Å². The lowest BCUT2D eigenvalue weighted by Gasteiger charge is -2.13. The summed E-state index contributed by atoms with van der Waals surface area (Å²) in [5.74, 6) is 0.635. The van der Waals surface area contributed by atoms with Crippen LogP contribution in [0.25, 0.3) is 33.5 Å². The number of H-pyrrole nitrogens is 1. The third-order valence-electron chi connectivity index (χ3n) is 5.81. The molecule has 0 aliphatic heterocycles. The summed E-state index contributed by atoms with van der Waals surface area (Å²) >= 11 is 0. The molecule has 162 valence electrons. The van der Waals surface area contributed by atoms with Gasteiger partial charge in [0.1, 0.15) is 11.3 Å². The number of pyridine rings is 1. The van der Waals surface area contributed by atoms with Crippen LogP contribution in [-0.2, 0) is 6.42 Å². The summed E-state index contributed by atoms with van der Waals surface area (Å²) < 4.78 is 15.8. The van der Waals surface area contributed by atoms with Crippen molar-refractivity contribution in [1.82, 2.24) is 29.5 Å². The van der Waals surface area contributed by atoms with Crippen molar-refractivity contribution in [3.05, 3.63) is 66.6 Å². The van der Waals surface area contributed by atoms with Crippen LogP contribution in [0.1, 0.15) is 31.9 Å². The van der Waals surface area contributed by atoms with Crippen LogP contribution in [0, 0.1) is 5.82 Å². The zero-order valence-electron chi connectivity index (χ0n) is 18.0. The highest BCUT2D eigenvalue weighted by molar-refractivity contribution is 5.85. The van der Waals surface area contributed by atoms with E-state index < -0.39 is 5.82 Å². The second kappa shape index (κ2) is 8.37. The summed E-state index contributed by atoms with van der Waals surface area (Å²) in [5.41, 5.74) is 4.32. The van der Waals surface area contributed by atoms with Gasteiger partial charge in [0.05, 0.1) is 12.5 Å². The van der Waals surface area contributed by atoms with E-state index in [0.29, 0.717) is 29.3 Å². The number of para-hydroxylation sites is 1. The first kappa shape index (κ1) is 20.1. The Bertz CT molecular complexity index is 1390. The zero-order valence-corrected chi connectivity index (χ0v) is 18.0. The second-order valence-electron chi connectivity index (χ2n) is 7.91. The van der Waals surface area contributed by atoms with Gasteiger partial charge >= 0.3 is 0 Å². The SMILES string of the molecule is CC[C@@H](C)n1cnc2c(NCCc3c[nH]c4ccccc34)nc(-c3cncc(F)c3)nc21. The number of imidazole rings is 1. The van der Waals surface area contributed by atoms with Crippen molar-refractivity contribution in [2.24, 2.45) is 0 Å². The number of rotatable bonds is 7. The summed E-state index contributed by atoms with van der Waals surface area (Å²) in [6, 6.07) is 9.88. The fourth-order valence-corrected chi connectivity index (χ4v) is 3.88. The third-order valence-corrected chi connectivity index (χ3v) is 5.81. The Morgan fingerprint density at radius 3 is 2.91 bits per heavy atom. The molecule has 0 saturated heterocycles. The minimum Gasteiger partial charge on any atom is -0.368 e. The first-order chi connectivity index (χ1) is 15.6. The minimum absolute atomic E-state index is 0.229. The molecule has 0 unspecified atom stereocenters. The number of aromatic nitrogens is 6. The van der Waals surface area contributed by atoms with E-state index in [-0.39, 0.29) is 6.04 Å². The molecular formula is C24H24FN7. The Kier molecular flexibility index (Phi) is 5.26. The van der Waals surface area contributed by atoms with Crippen molar-refractivity contribution in [3.8, 4) is 11.4 Å². The van der Waals surface area contributed by atoms with Crippen LogP contribution in [0.15, 0.2) is 55.2 Å². The largest absolute Gasteiger partial charge is 0.368 e. The van der Waals surface area contributed by atoms with Gasteiger partial charge in [-0.1, -0.05) is 25.1 Å². The third kappa shape index (κ3) is 3.68. The maximum atomic E-state index is 13.8. The molecule has 0 radical (unpaired) electrons. The number of nitrogens with one attached hydrogen (secondary N) is 2. The van der Waals surface area contributed by atoms with Gasteiger partial charge < -0.3 is 14.9 Å². The zero-order chi connectivity index (χ0) is 22.1. The van der Waals surface area contributed by atoms with E-state index in [1.165, 1.54) is 23.2 Å². The Balaban J connectivity index is 1.50. The molecule has 32 heavy (non-hydrogen) atoms. The molecule has 4 aromatic heterocycles. The Morgan fingerprint density at radius 2 is 2.06 bits per heavy atom. The van der Waals surface area contributed by atoms with Crippen molar-refractivity contribution >= 4 is 27.9 Å². The molecule has 0 aliphatic rings. The minimum atomic E-state index is -0.421. The number of aromatic amines is 1. The number of anilines is 1. The van der Waals surface area contributed by atoms with Crippen molar-refractivity contribution in [3.63, 3.8) is 0 Å². The molecule has 8 heteroatoms. The second-order valence-corrected chi connectivity index (χ2v) is 7.91. The topological polar surface area (TPSA) is 84.3 Å². The van der Waals surface area contributed by atoms with E-state index in [4.69, 9.17) is 4.98 Å². The molecule has 7 nitrogen and oxygen atoms in total. The van der Waals surface area contributed by atoms with Crippen molar-refractivity contribution < 1.29 is 4.39 Å². The van der Waals surface area contributed by atoms with Gasteiger partial charge in [-0.15, -0.1) is 0 Å². The molecule has 0 spiro atoms. The normalized spacial score (nSPS) is 12.5. The van der Waals surface area contributed by atoms with Gasteiger partial charge in [-0.05, 0) is 37.5 Å². The van der Waals surface area contributed by atoms with Gasteiger partial charge in [-0.25, -0.2) is 19.3 Å². The van der Waals surface area contributed by atoms with E-state index in [1.54, 1.807) is 12.5 Å². The summed E-state index contributed by atoms with van der Waals surface area (Å²) in [6.07, 6.45) is 8.35. The van der Waals surface area contributed by atoms with Gasteiger partial charge in [0.2, 0.25) is 0 Å². The van der Waals surface area contributed by atoms with Gasteiger partial charge in [-0.2, -0.15) is 0 Å². The number of nitrogens with zero attached hydrogens (tertiary/aromatic N) is 5. The van der Waals surface area contributed by atoms with Crippen molar-refractivity contribution in [2.75, 3.05) is 11.9 Å². The first-order valence-corrected chi connectivity index (χ1v) is 10.8. The number of benzene rings is 1. The van der Waals surface area contributed by atoms with Crippen LogP contribution in [-0.4, -0.2) is 36.0 Å². The summed E-state index contributed by atoms with van der Waals surface area (Å²) in [5, 5.41) is 4.65. The number of hydrogen-bond acceptors (Lipinski definition) is 5. The predicted molar refractivity (Wildman–Crippen MR) is 124 cm³/mol. The van der Waals surface area contributed by atoms with E-state index in [2.05, 4.69) is 51.2 Å². The molecule has 5 aromatic rings. The number of hydrogen-bond donors (Lipinski definition) is 2. The lowest BCUT2D eigenvalue weighted by atomic mass is 10.1. The average molecular weight is 430 g/mol. The predicted octanol–water partition coefficient (Wildman–Crippen LogP) is 5.13. The molecule has 4 heterocycles. The van der Waals surface area contributed by atoms with E-state index in [9.17, 15) is 4.39 Å². The van der Waals surface area contributed by atoms with Gasteiger partial charge in [0.25, 0.3) is 0 Å². The van der Waals surface area contributed by atoms with Crippen LogP contribution in [0.5, 0.6) is 0 Å². The molecule has 0 fully saturated rings.